The molecule has 28 heavy (non-hydrogen) atoms. The fourth-order valence-corrected chi connectivity index (χ4v) is 4.70. The molecule has 0 fully saturated rings. The van der Waals surface area contributed by atoms with Crippen LogP contribution in [0.1, 0.15) is 51.0 Å². The maximum absolute atomic E-state index is 12.1. The number of nitrogens with zero attached hydrogens (tertiary/aromatic N) is 2. The van der Waals surface area contributed by atoms with Crippen LogP contribution in [0.2, 0.25) is 0 Å². The predicted octanol–water partition coefficient (Wildman–Crippen LogP) is 1.66. The van der Waals surface area contributed by atoms with E-state index in [1.807, 2.05) is 42.5 Å². The first-order valence-corrected chi connectivity index (χ1v) is 11.0. The summed E-state index contributed by atoms with van der Waals surface area (Å²) in [6, 6.07) is 17.2. The van der Waals surface area contributed by atoms with Crippen molar-refractivity contribution in [1.82, 2.24) is 0 Å². The molecule has 7 heteroatoms. The van der Waals surface area contributed by atoms with Crippen LogP contribution >= 0.6 is 0 Å². The number of hydrogen-bond acceptors (Lipinski definition) is 4. The number of unbranched alkanes of at least 4 members (excludes halogenated alkanes) is 4. The van der Waals surface area contributed by atoms with Gasteiger partial charge in [-0.15, -0.1) is 0 Å². The van der Waals surface area contributed by atoms with Gasteiger partial charge >= 0.3 is 51.4 Å². The molecule has 0 aliphatic carbocycles. The molecule has 1 atom stereocenters. The Bertz CT molecular complexity index is 846. The molecule has 1 aliphatic rings. The summed E-state index contributed by atoms with van der Waals surface area (Å²) in [7, 11) is -4.60. The molecule has 2 aromatic carbocycles. The number of anilines is 2. The minimum atomic E-state index is -4.60. The van der Waals surface area contributed by atoms with E-state index in [1.54, 1.807) is 12.1 Å². The second kappa shape index (κ2) is 11.1. The van der Waals surface area contributed by atoms with Crippen LogP contribution in [0.5, 0.6) is 0 Å². The molecule has 1 aliphatic heterocycles. The molecule has 1 unspecified atom stereocenters. The Morgan fingerprint density at radius 2 is 1.50 bits per heavy atom. The maximum atomic E-state index is 12.1. The van der Waals surface area contributed by atoms with Gasteiger partial charge in [0, 0.05) is 6.54 Å². The van der Waals surface area contributed by atoms with Gasteiger partial charge in [0.25, 0.3) is 0 Å². The third kappa shape index (κ3) is 5.81. The zero-order valence-electron chi connectivity index (χ0n) is 16.8. The molecular weight excluding hydrogens is 399 g/mol. The molecule has 0 spiro atoms. The van der Waals surface area contributed by atoms with Crippen LogP contribution in [0.3, 0.4) is 0 Å². The van der Waals surface area contributed by atoms with Crippen LogP contribution in [0.4, 0.5) is 11.4 Å². The van der Waals surface area contributed by atoms with E-state index in [0.29, 0.717) is 18.7 Å². The second-order valence-electron chi connectivity index (χ2n) is 7.04. The number of para-hydroxylation sites is 2. The van der Waals surface area contributed by atoms with Gasteiger partial charge in [-0.3, -0.25) is 4.31 Å². The molecule has 0 bridgehead atoms. The van der Waals surface area contributed by atoms with E-state index in [9.17, 15) is 13.0 Å². The Labute approximate surface area is 211 Å². The van der Waals surface area contributed by atoms with Gasteiger partial charge in [-0.1, -0.05) is 75.1 Å². The molecule has 0 N–H and O–H groups in total. The Balaban J connectivity index is 0.00000280. The summed E-state index contributed by atoms with van der Waals surface area (Å²) < 4.78 is 37.3. The fraction of sp³-hybridized carbons (Fsp3) is 0.429. The smallest absolute Gasteiger partial charge is 0.731 e. The Kier molecular flexibility index (Phi) is 9.47. The largest absolute Gasteiger partial charge is 1.00 e. The zero-order chi connectivity index (χ0) is 19.3. The van der Waals surface area contributed by atoms with E-state index in [4.69, 9.17) is 0 Å². The summed E-state index contributed by atoms with van der Waals surface area (Å²) in [5.41, 5.74) is 2.38. The standard InChI is InChI=1S/C21H28N2O3S.K/c1-2-3-4-5-9-16-21-22(17-18-12-7-6-8-13-18)19-14-10-11-15-20(19)23(21)27(24,25)26;/h6-8,10-15,21H,2-5,9,16-17H2,1H3,(H,24,25,26);/q;+1/p-1. The topological polar surface area (TPSA) is 63.7 Å². The van der Waals surface area contributed by atoms with Gasteiger partial charge in [0.15, 0.2) is 10.3 Å². The SMILES string of the molecule is CCCCCCCC1N(Cc2ccccc2)c2ccccc2N1S(=O)(=O)[O-].[K+]. The minimum absolute atomic E-state index is 0. The van der Waals surface area contributed by atoms with Crippen LogP contribution < -0.4 is 60.6 Å². The van der Waals surface area contributed by atoms with Crippen LogP contribution in [-0.2, 0) is 16.8 Å². The molecular formula is C21H27KN2O3S. The molecule has 5 nitrogen and oxygen atoms in total. The number of benzene rings is 2. The molecule has 2 aromatic rings. The van der Waals surface area contributed by atoms with Gasteiger partial charge in [0.05, 0.1) is 11.4 Å². The van der Waals surface area contributed by atoms with E-state index in [-0.39, 0.29) is 51.4 Å². The first-order chi connectivity index (χ1) is 13.0. The molecule has 0 saturated heterocycles. The van der Waals surface area contributed by atoms with Gasteiger partial charge in [-0.05, 0) is 30.5 Å². The summed E-state index contributed by atoms with van der Waals surface area (Å²) in [5.74, 6) is 0. The van der Waals surface area contributed by atoms with Gasteiger partial charge < -0.3 is 9.45 Å². The van der Waals surface area contributed by atoms with Gasteiger partial charge in [0.2, 0.25) is 0 Å². The third-order valence-corrected chi connectivity index (χ3v) is 5.98. The van der Waals surface area contributed by atoms with Gasteiger partial charge in [-0.25, -0.2) is 8.42 Å². The fourth-order valence-electron chi connectivity index (χ4n) is 3.78. The Hall–Kier alpha value is -0.414. The van der Waals surface area contributed by atoms with Gasteiger partial charge in [0.1, 0.15) is 6.17 Å². The van der Waals surface area contributed by atoms with Crippen molar-refractivity contribution in [2.45, 2.75) is 58.2 Å². The molecule has 3 rings (SSSR count). The number of fused-ring (bicyclic) bond motifs is 1. The number of hydrogen-bond donors (Lipinski definition) is 0. The van der Waals surface area contributed by atoms with E-state index in [1.165, 1.54) is 6.42 Å². The first-order valence-electron chi connectivity index (χ1n) is 9.67. The van der Waals surface area contributed by atoms with Crippen molar-refractivity contribution in [1.29, 1.82) is 0 Å². The maximum Gasteiger partial charge on any atom is 1.00 e. The van der Waals surface area contributed by atoms with E-state index >= 15 is 0 Å². The van der Waals surface area contributed by atoms with Crippen molar-refractivity contribution in [2.75, 3.05) is 9.21 Å². The third-order valence-electron chi connectivity index (χ3n) is 5.06. The average molecular weight is 427 g/mol. The van der Waals surface area contributed by atoms with Crippen molar-refractivity contribution in [3.8, 4) is 0 Å². The molecule has 0 radical (unpaired) electrons. The van der Waals surface area contributed by atoms with Crippen molar-refractivity contribution >= 4 is 21.7 Å². The summed E-state index contributed by atoms with van der Waals surface area (Å²) in [6.45, 7) is 2.74. The van der Waals surface area contributed by atoms with Crippen LogP contribution in [0, 0.1) is 0 Å². The van der Waals surface area contributed by atoms with Crippen LogP contribution in [-0.4, -0.2) is 19.1 Å². The number of rotatable bonds is 9. The quantitative estimate of drug-likeness (QED) is 0.348. The predicted molar refractivity (Wildman–Crippen MR) is 108 cm³/mol. The molecule has 0 saturated carbocycles. The summed E-state index contributed by atoms with van der Waals surface area (Å²) in [5, 5.41) is 0. The van der Waals surface area contributed by atoms with E-state index in [2.05, 4.69) is 11.8 Å². The Morgan fingerprint density at radius 1 is 0.893 bits per heavy atom. The van der Waals surface area contributed by atoms with Crippen molar-refractivity contribution in [2.24, 2.45) is 0 Å². The second-order valence-corrected chi connectivity index (χ2v) is 8.29. The van der Waals surface area contributed by atoms with Crippen LogP contribution in [0.15, 0.2) is 54.6 Å². The zero-order valence-corrected chi connectivity index (χ0v) is 20.7. The summed E-state index contributed by atoms with van der Waals surface area (Å²) in [6.07, 6.45) is 5.61. The summed E-state index contributed by atoms with van der Waals surface area (Å²) in [4.78, 5) is 2.06. The van der Waals surface area contributed by atoms with Crippen molar-refractivity contribution in [3.63, 3.8) is 0 Å². The van der Waals surface area contributed by atoms with Crippen molar-refractivity contribution in [3.05, 3.63) is 60.2 Å². The minimum Gasteiger partial charge on any atom is -0.731 e. The normalized spacial score (nSPS) is 16.0. The van der Waals surface area contributed by atoms with E-state index in [0.717, 1.165) is 41.2 Å². The average Bonchev–Trinajstić information content (AvgIpc) is 2.96. The summed E-state index contributed by atoms with van der Waals surface area (Å²) >= 11 is 0. The van der Waals surface area contributed by atoms with E-state index < -0.39 is 16.5 Å². The molecule has 0 aromatic heterocycles. The molecule has 0 amide bonds. The molecule has 146 valence electrons. The van der Waals surface area contributed by atoms with Gasteiger partial charge in [-0.2, -0.15) is 0 Å². The first kappa shape index (κ1) is 23.9. The van der Waals surface area contributed by atoms with Crippen molar-refractivity contribution < 1.29 is 64.4 Å². The monoisotopic (exact) mass is 426 g/mol. The Morgan fingerprint density at radius 3 is 2.14 bits per heavy atom. The van der Waals surface area contributed by atoms with Crippen LogP contribution in [0.25, 0.3) is 0 Å². The molecule has 1 heterocycles.